The highest BCUT2D eigenvalue weighted by Gasteiger charge is 2.00. The molecular formula is C11H9Cl2N3O2. The molecule has 1 aromatic carbocycles. The molecule has 0 unspecified atom stereocenters. The van der Waals surface area contributed by atoms with Crippen LogP contribution in [0.2, 0.25) is 10.0 Å². The van der Waals surface area contributed by atoms with Gasteiger partial charge in [-0.15, -0.1) is 0 Å². The molecule has 1 aromatic heterocycles. The van der Waals surface area contributed by atoms with E-state index in [1.165, 1.54) is 6.07 Å². The summed E-state index contributed by atoms with van der Waals surface area (Å²) in [5.74, 6) is 0.342. The van der Waals surface area contributed by atoms with Crippen LogP contribution in [-0.2, 0) is 6.54 Å². The second-order valence-corrected chi connectivity index (χ2v) is 4.42. The number of H-pyrrole nitrogens is 2. The molecule has 18 heavy (non-hydrogen) atoms. The first-order valence-corrected chi connectivity index (χ1v) is 5.81. The van der Waals surface area contributed by atoms with Gasteiger partial charge in [0.25, 0.3) is 5.56 Å². The number of hydrogen-bond donors (Lipinski definition) is 3. The Labute approximate surface area is 112 Å². The molecule has 0 atom stereocenters. The van der Waals surface area contributed by atoms with Gasteiger partial charge in [0, 0.05) is 12.6 Å². The van der Waals surface area contributed by atoms with Crippen LogP contribution in [0.3, 0.4) is 0 Å². The smallest absolute Gasteiger partial charge is 0.327 e. The summed E-state index contributed by atoms with van der Waals surface area (Å²) in [5, 5.41) is 3.84. The molecule has 0 amide bonds. The zero-order valence-corrected chi connectivity index (χ0v) is 10.6. The van der Waals surface area contributed by atoms with Crippen LogP contribution in [-0.4, -0.2) is 9.97 Å². The van der Waals surface area contributed by atoms with Crippen LogP contribution in [0.25, 0.3) is 0 Å². The summed E-state index contributed by atoms with van der Waals surface area (Å²) in [4.78, 5) is 26.6. The quantitative estimate of drug-likeness (QED) is 0.807. The normalized spacial score (nSPS) is 10.3. The van der Waals surface area contributed by atoms with Crippen molar-refractivity contribution < 1.29 is 0 Å². The maximum atomic E-state index is 11.1. The molecule has 0 aliphatic rings. The van der Waals surface area contributed by atoms with Crippen LogP contribution in [0.15, 0.2) is 33.9 Å². The van der Waals surface area contributed by atoms with Crippen molar-refractivity contribution in [3.05, 3.63) is 60.7 Å². The summed E-state index contributed by atoms with van der Waals surface area (Å²) in [7, 11) is 0. The van der Waals surface area contributed by atoms with Gasteiger partial charge in [-0.2, -0.15) is 0 Å². The van der Waals surface area contributed by atoms with Gasteiger partial charge >= 0.3 is 5.69 Å². The summed E-state index contributed by atoms with van der Waals surface area (Å²) in [6.45, 7) is 0.413. The molecule has 0 aliphatic carbocycles. The lowest BCUT2D eigenvalue weighted by molar-refractivity contribution is 1.01. The van der Waals surface area contributed by atoms with Gasteiger partial charge in [-0.1, -0.05) is 29.3 Å². The van der Waals surface area contributed by atoms with Crippen molar-refractivity contribution in [2.24, 2.45) is 0 Å². The van der Waals surface area contributed by atoms with E-state index in [1.807, 2.05) is 0 Å². The average Bonchev–Trinajstić information content (AvgIpc) is 2.29. The van der Waals surface area contributed by atoms with E-state index in [0.717, 1.165) is 5.56 Å². The number of rotatable bonds is 3. The Morgan fingerprint density at radius 2 is 1.83 bits per heavy atom. The highest BCUT2D eigenvalue weighted by molar-refractivity contribution is 6.42. The standard InChI is InChI=1S/C11H9Cl2N3O2/c12-7-2-1-6(3-8(7)13)5-14-9-4-10(17)16-11(18)15-9/h1-4H,5H2,(H3,14,15,16,17,18). The summed E-state index contributed by atoms with van der Waals surface area (Å²) < 4.78 is 0. The van der Waals surface area contributed by atoms with E-state index in [9.17, 15) is 9.59 Å². The fourth-order valence-corrected chi connectivity index (χ4v) is 1.73. The lowest BCUT2D eigenvalue weighted by Gasteiger charge is -2.06. The monoisotopic (exact) mass is 285 g/mol. The lowest BCUT2D eigenvalue weighted by Crippen LogP contribution is -2.22. The SMILES string of the molecule is O=c1cc(NCc2ccc(Cl)c(Cl)c2)[nH]c(=O)[nH]1. The summed E-state index contributed by atoms with van der Waals surface area (Å²) >= 11 is 11.7. The first-order valence-electron chi connectivity index (χ1n) is 5.06. The fourth-order valence-electron chi connectivity index (χ4n) is 1.41. The third kappa shape index (κ3) is 3.15. The molecule has 94 valence electrons. The van der Waals surface area contributed by atoms with Crippen LogP contribution in [0.4, 0.5) is 5.82 Å². The molecule has 0 bridgehead atoms. The minimum atomic E-state index is -0.556. The van der Waals surface area contributed by atoms with Crippen molar-refractivity contribution >= 4 is 29.0 Å². The van der Waals surface area contributed by atoms with Crippen molar-refractivity contribution in [2.75, 3.05) is 5.32 Å². The number of benzene rings is 1. The van der Waals surface area contributed by atoms with E-state index < -0.39 is 11.2 Å². The number of nitrogens with one attached hydrogen (secondary N) is 3. The Morgan fingerprint density at radius 1 is 1.06 bits per heavy atom. The Kier molecular flexibility index (Phi) is 3.74. The molecule has 7 heteroatoms. The highest BCUT2D eigenvalue weighted by atomic mass is 35.5. The van der Waals surface area contributed by atoms with Gasteiger partial charge in [-0.3, -0.25) is 14.8 Å². The molecule has 0 saturated carbocycles. The van der Waals surface area contributed by atoms with Gasteiger partial charge in [0.2, 0.25) is 0 Å². The predicted octanol–water partition coefficient (Wildman–Crippen LogP) is 1.98. The molecule has 2 rings (SSSR count). The topological polar surface area (TPSA) is 77.8 Å². The number of anilines is 1. The highest BCUT2D eigenvalue weighted by Crippen LogP contribution is 2.22. The molecule has 5 nitrogen and oxygen atoms in total. The van der Waals surface area contributed by atoms with Gasteiger partial charge in [-0.05, 0) is 17.7 Å². The Balaban J connectivity index is 2.13. The maximum Gasteiger partial charge on any atom is 0.327 e. The lowest BCUT2D eigenvalue weighted by atomic mass is 10.2. The Hall–Kier alpha value is -1.72. The van der Waals surface area contributed by atoms with E-state index in [2.05, 4.69) is 15.3 Å². The zero-order valence-electron chi connectivity index (χ0n) is 9.09. The second kappa shape index (κ2) is 5.29. The largest absolute Gasteiger partial charge is 0.367 e. The Morgan fingerprint density at radius 3 is 2.50 bits per heavy atom. The van der Waals surface area contributed by atoms with Crippen LogP contribution < -0.4 is 16.6 Å². The van der Waals surface area contributed by atoms with Crippen molar-refractivity contribution in [1.29, 1.82) is 0 Å². The number of aromatic amines is 2. The van der Waals surface area contributed by atoms with E-state index in [-0.39, 0.29) is 0 Å². The van der Waals surface area contributed by atoms with Crippen LogP contribution >= 0.6 is 23.2 Å². The molecule has 0 saturated heterocycles. The third-order valence-corrected chi connectivity index (χ3v) is 2.97. The zero-order chi connectivity index (χ0) is 13.1. The molecule has 0 fully saturated rings. The van der Waals surface area contributed by atoms with Gasteiger partial charge in [0.05, 0.1) is 10.0 Å². The van der Waals surface area contributed by atoms with Gasteiger partial charge in [-0.25, -0.2) is 4.79 Å². The molecule has 2 aromatic rings. The molecule has 0 radical (unpaired) electrons. The predicted molar refractivity (Wildman–Crippen MR) is 71.5 cm³/mol. The number of aromatic nitrogens is 2. The minimum Gasteiger partial charge on any atom is -0.367 e. The third-order valence-electron chi connectivity index (χ3n) is 2.23. The Bertz CT molecular complexity index is 650. The van der Waals surface area contributed by atoms with Crippen LogP contribution in [0, 0.1) is 0 Å². The van der Waals surface area contributed by atoms with E-state index in [1.54, 1.807) is 18.2 Å². The summed E-state index contributed by atoms with van der Waals surface area (Å²) in [6, 6.07) is 6.45. The number of halogens is 2. The van der Waals surface area contributed by atoms with E-state index in [0.29, 0.717) is 22.4 Å². The molecule has 0 spiro atoms. The fraction of sp³-hybridized carbons (Fsp3) is 0.0909. The second-order valence-electron chi connectivity index (χ2n) is 3.60. The number of hydrogen-bond acceptors (Lipinski definition) is 3. The van der Waals surface area contributed by atoms with Crippen LogP contribution in [0.5, 0.6) is 0 Å². The van der Waals surface area contributed by atoms with Crippen molar-refractivity contribution in [3.63, 3.8) is 0 Å². The minimum absolute atomic E-state index is 0.342. The molecule has 3 N–H and O–H groups in total. The molecule has 1 heterocycles. The first kappa shape index (κ1) is 12.7. The molecular weight excluding hydrogens is 277 g/mol. The van der Waals surface area contributed by atoms with Crippen molar-refractivity contribution in [1.82, 2.24) is 9.97 Å². The van der Waals surface area contributed by atoms with Gasteiger partial charge < -0.3 is 5.32 Å². The van der Waals surface area contributed by atoms with E-state index in [4.69, 9.17) is 23.2 Å². The average molecular weight is 286 g/mol. The van der Waals surface area contributed by atoms with E-state index >= 15 is 0 Å². The first-order chi connectivity index (χ1) is 8.54. The van der Waals surface area contributed by atoms with Crippen molar-refractivity contribution in [3.8, 4) is 0 Å². The van der Waals surface area contributed by atoms with Crippen LogP contribution in [0.1, 0.15) is 5.56 Å². The van der Waals surface area contributed by atoms with Crippen molar-refractivity contribution in [2.45, 2.75) is 6.54 Å². The summed E-state index contributed by atoms with van der Waals surface area (Å²) in [5.41, 5.74) is -0.139. The summed E-state index contributed by atoms with van der Waals surface area (Å²) in [6.07, 6.45) is 0. The molecule has 0 aliphatic heterocycles. The maximum absolute atomic E-state index is 11.1. The van der Waals surface area contributed by atoms with Gasteiger partial charge in [0.15, 0.2) is 0 Å². The van der Waals surface area contributed by atoms with Gasteiger partial charge in [0.1, 0.15) is 5.82 Å².